The molecule has 1 aliphatic rings. The molecule has 1 aliphatic heterocycles. The van der Waals surface area contributed by atoms with Gasteiger partial charge in [-0.05, 0) is 54.1 Å². The van der Waals surface area contributed by atoms with Crippen LogP contribution in [0.15, 0.2) is 52.7 Å². The first-order chi connectivity index (χ1) is 15.5. The molecular formula is C20H12Cl2FN3O5S2. The van der Waals surface area contributed by atoms with Crippen molar-refractivity contribution in [3.05, 3.63) is 74.8 Å². The van der Waals surface area contributed by atoms with Gasteiger partial charge in [-0.1, -0.05) is 23.2 Å². The van der Waals surface area contributed by atoms with Gasteiger partial charge in [-0.15, -0.1) is 11.3 Å². The van der Waals surface area contributed by atoms with Crippen molar-refractivity contribution in [2.24, 2.45) is 0 Å². The highest BCUT2D eigenvalue weighted by Gasteiger charge is 2.34. The molecule has 0 saturated heterocycles. The number of carbonyl (C=O) groups excluding carboxylic acids is 3. The van der Waals surface area contributed by atoms with Crippen LogP contribution in [0, 0.1) is 5.82 Å². The molecule has 4 amide bonds. The van der Waals surface area contributed by atoms with Gasteiger partial charge in [-0.2, -0.15) is 0 Å². The van der Waals surface area contributed by atoms with Gasteiger partial charge in [0.25, 0.3) is 15.9 Å². The molecule has 4 rings (SSSR count). The van der Waals surface area contributed by atoms with E-state index in [9.17, 15) is 27.2 Å². The summed E-state index contributed by atoms with van der Waals surface area (Å²) < 4.78 is 41.0. The molecule has 1 aromatic heterocycles. The van der Waals surface area contributed by atoms with Crippen molar-refractivity contribution < 1.29 is 27.2 Å². The van der Waals surface area contributed by atoms with E-state index in [0.717, 1.165) is 23.5 Å². The van der Waals surface area contributed by atoms with Crippen LogP contribution in [0.2, 0.25) is 9.36 Å². The average Bonchev–Trinajstić information content (AvgIpc) is 3.16. The van der Waals surface area contributed by atoms with Crippen LogP contribution in [0.1, 0.15) is 15.9 Å². The predicted molar refractivity (Wildman–Crippen MR) is 122 cm³/mol. The second-order valence-electron chi connectivity index (χ2n) is 6.80. The van der Waals surface area contributed by atoms with Gasteiger partial charge in [0.2, 0.25) is 5.91 Å². The van der Waals surface area contributed by atoms with E-state index in [2.05, 4.69) is 5.32 Å². The quantitative estimate of drug-likeness (QED) is 0.487. The number of hydrogen-bond acceptors (Lipinski definition) is 6. The average molecular weight is 528 g/mol. The summed E-state index contributed by atoms with van der Waals surface area (Å²) in [6.07, 6.45) is -0.145. The number of nitrogens with one attached hydrogen (secondary N) is 2. The van der Waals surface area contributed by atoms with Gasteiger partial charge in [0, 0.05) is 16.3 Å². The number of rotatable bonds is 4. The van der Waals surface area contributed by atoms with Gasteiger partial charge < -0.3 is 5.32 Å². The Morgan fingerprint density at radius 3 is 2.48 bits per heavy atom. The van der Waals surface area contributed by atoms with E-state index in [0.29, 0.717) is 15.5 Å². The zero-order valence-corrected chi connectivity index (χ0v) is 19.4. The summed E-state index contributed by atoms with van der Waals surface area (Å²) in [7, 11) is -4.17. The smallest absolute Gasteiger partial charge is 0.307 e. The molecule has 2 aromatic carbocycles. The number of anilines is 2. The Morgan fingerprint density at radius 1 is 1.06 bits per heavy atom. The maximum Gasteiger partial charge on any atom is 0.333 e. The van der Waals surface area contributed by atoms with Crippen molar-refractivity contribution in [1.29, 1.82) is 0 Å². The van der Waals surface area contributed by atoms with Crippen LogP contribution in [0.5, 0.6) is 0 Å². The number of imide groups is 1. The van der Waals surface area contributed by atoms with E-state index in [1.54, 1.807) is 4.72 Å². The van der Waals surface area contributed by atoms with Crippen molar-refractivity contribution in [3.63, 3.8) is 0 Å². The molecule has 0 saturated carbocycles. The van der Waals surface area contributed by atoms with Crippen LogP contribution in [0.4, 0.5) is 20.6 Å². The first-order valence-electron chi connectivity index (χ1n) is 9.09. The lowest BCUT2D eigenvalue weighted by molar-refractivity contribution is -0.117. The van der Waals surface area contributed by atoms with Gasteiger partial charge >= 0.3 is 6.03 Å². The zero-order chi connectivity index (χ0) is 23.9. The first kappa shape index (κ1) is 23.2. The topological polar surface area (TPSA) is 113 Å². The van der Waals surface area contributed by atoms with E-state index in [1.807, 2.05) is 0 Å². The van der Waals surface area contributed by atoms with Crippen LogP contribution >= 0.6 is 34.5 Å². The van der Waals surface area contributed by atoms with Crippen LogP contribution in [0.25, 0.3) is 0 Å². The highest BCUT2D eigenvalue weighted by molar-refractivity contribution is 7.92. The molecule has 2 heterocycles. The van der Waals surface area contributed by atoms with Crippen molar-refractivity contribution in [3.8, 4) is 0 Å². The van der Waals surface area contributed by atoms with Crippen molar-refractivity contribution in [1.82, 2.24) is 4.72 Å². The number of carbonyl (C=O) groups is 3. The lowest BCUT2D eigenvalue weighted by atomic mass is 9.98. The lowest BCUT2D eigenvalue weighted by Crippen LogP contribution is -2.43. The molecule has 0 fully saturated rings. The summed E-state index contributed by atoms with van der Waals surface area (Å²) in [6.45, 7) is 0. The molecule has 0 unspecified atom stereocenters. The summed E-state index contributed by atoms with van der Waals surface area (Å²) in [5.74, 6) is -2.33. The van der Waals surface area contributed by atoms with Crippen LogP contribution < -0.4 is 14.9 Å². The molecule has 0 bridgehead atoms. The number of nitrogens with zero attached hydrogens (tertiary/aromatic N) is 1. The minimum Gasteiger partial charge on any atom is -0.307 e. The number of benzene rings is 2. The van der Waals surface area contributed by atoms with Crippen LogP contribution in [0.3, 0.4) is 0 Å². The van der Waals surface area contributed by atoms with Gasteiger partial charge in [0.05, 0.1) is 16.4 Å². The van der Waals surface area contributed by atoms with E-state index in [-0.39, 0.29) is 31.9 Å². The van der Waals surface area contributed by atoms with Gasteiger partial charge in [-0.3, -0.25) is 9.59 Å². The van der Waals surface area contributed by atoms with Crippen LogP contribution in [-0.2, 0) is 21.2 Å². The molecule has 0 atom stereocenters. The predicted octanol–water partition coefficient (Wildman–Crippen LogP) is 4.43. The molecule has 2 N–H and O–H groups in total. The summed E-state index contributed by atoms with van der Waals surface area (Å²) in [5.41, 5.74) is 0.255. The molecule has 170 valence electrons. The fraction of sp³-hybridized carbons (Fsp3) is 0.0500. The molecule has 0 radical (unpaired) electrons. The van der Waals surface area contributed by atoms with Gasteiger partial charge in [-0.25, -0.2) is 27.2 Å². The molecule has 3 aromatic rings. The lowest BCUT2D eigenvalue weighted by Gasteiger charge is -2.27. The Hall–Kier alpha value is -2.99. The number of amides is 4. The Morgan fingerprint density at radius 2 is 1.82 bits per heavy atom. The third-order valence-corrected chi connectivity index (χ3v) is 7.87. The summed E-state index contributed by atoms with van der Waals surface area (Å²) in [4.78, 5) is 38.1. The molecule has 13 heteroatoms. The summed E-state index contributed by atoms with van der Waals surface area (Å²) in [5, 5.41) is 2.56. The third-order valence-electron chi connectivity index (χ3n) is 4.58. The van der Waals surface area contributed by atoms with Crippen molar-refractivity contribution in [2.45, 2.75) is 10.6 Å². The third kappa shape index (κ3) is 4.71. The second-order valence-corrected chi connectivity index (χ2v) is 10.9. The standard InChI is InChI=1S/C20H12Cl2FN3O5S2/c21-11-1-3-13-10(7-11)8-17(27)26(19(13)28)15-4-2-12(9-14(15)23)24-20(29)25-33(30,31)18-6-5-16(22)32-18/h1-7,9H,8H2,(H2,24,25,29). The highest BCUT2D eigenvalue weighted by Crippen LogP contribution is 2.30. The fourth-order valence-electron chi connectivity index (χ4n) is 3.17. The number of urea groups is 1. The summed E-state index contributed by atoms with van der Waals surface area (Å²) in [6, 6.07) is 9.14. The van der Waals surface area contributed by atoms with Crippen molar-refractivity contribution in [2.75, 3.05) is 10.2 Å². The molecule has 0 aliphatic carbocycles. The molecule has 8 nitrogen and oxygen atoms in total. The number of thiophene rings is 1. The van der Waals surface area contributed by atoms with Crippen LogP contribution in [-0.4, -0.2) is 26.3 Å². The molecule has 0 spiro atoms. The van der Waals surface area contributed by atoms with E-state index >= 15 is 0 Å². The maximum atomic E-state index is 14.8. The first-order valence-corrected chi connectivity index (χ1v) is 12.1. The highest BCUT2D eigenvalue weighted by atomic mass is 35.5. The van der Waals surface area contributed by atoms with Gasteiger partial charge in [0.1, 0.15) is 10.0 Å². The monoisotopic (exact) mass is 527 g/mol. The molecular weight excluding hydrogens is 516 g/mol. The number of fused-ring (bicyclic) bond motifs is 1. The number of halogens is 3. The Bertz CT molecular complexity index is 1420. The second kappa shape index (κ2) is 8.75. The van der Waals surface area contributed by atoms with Gasteiger partial charge in [0.15, 0.2) is 0 Å². The van der Waals surface area contributed by atoms with Crippen molar-refractivity contribution >= 4 is 73.8 Å². The minimum absolute atomic E-state index is 0.0998. The Kier molecular flexibility index (Phi) is 6.14. The normalized spacial score (nSPS) is 13.6. The van der Waals surface area contributed by atoms with E-state index < -0.39 is 33.7 Å². The fourth-order valence-corrected chi connectivity index (χ4v) is 5.76. The summed E-state index contributed by atoms with van der Waals surface area (Å²) >= 11 is 12.4. The number of sulfonamides is 1. The largest absolute Gasteiger partial charge is 0.333 e. The Labute approximate surface area is 201 Å². The number of hydrogen-bond donors (Lipinski definition) is 2. The SMILES string of the molecule is O=C(Nc1ccc(N2C(=O)Cc3cc(Cl)ccc3C2=O)c(F)c1)NS(=O)(=O)c1ccc(Cl)s1. The Balaban J connectivity index is 1.52. The molecule has 33 heavy (non-hydrogen) atoms. The maximum absolute atomic E-state index is 14.8. The van der Waals surface area contributed by atoms with E-state index in [4.69, 9.17) is 23.2 Å². The van der Waals surface area contributed by atoms with E-state index in [1.165, 1.54) is 36.4 Å². The zero-order valence-electron chi connectivity index (χ0n) is 16.3. The minimum atomic E-state index is -4.17.